The zero-order valence-electron chi connectivity index (χ0n) is 17.5. The summed E-state index contributed by atoms with van der Waals surface area (Å²) in [5.74, 6) is -0.355. The maximum Gasteiger partial charge on any atom is 0.177 e. The van der Waals surface area contributed by atoms with Gasteiger partial charge in [-0.05, 0) is 36.4 Å². The van der Waals surface area contributed by atoms with Gasteiger partial charge < -0.3 is 4.57 Å². The molecule has 156 valence electrons. The van der Waals surface area contributed by atoms with Gasteiger partial charge in [-0.15, -0.1) is 0 Å². The summed E-state index contributed by atoms with van der Waals surface area (Å²) in [4.78, 5) is 8.86. The minimum Gasteiger partial charge on any atom is -0.309 e. The first-order chi connectivity index (χ1) is 16.7. The smallest absolute Gasteiger partial charge is 0.177 e. The topological polar surface area (TPSA) is 78.3 Å². The molecule has 0 atom stereocenters. The zero-order valence-corrected chi connectivity index (χ0v) is 17.5. The van der Waals surface area contributed by atoms with E-state index in [-0.39, 0.29) is 17.2 Å². The Bertz CT molecular complexity index is 1850. The van der Waals surface area contributed by atoms with E-state index in [0.717, 1.165) is 21.8 Å². The van der Waals surface area contributed by atoms with Crippen molar-refractivity contribution < 1.29 is 4.39 Å². The van der Waals surface area contributed by atoms with Gasteiger partial charge in [0.1, 0.15) is 18.0 Å². The van der Waals surface area contributed by atoms with Gasteiger partial charge in [0.05, 0.1) is 28.1 Å². The lowest BCUT2D eigenvalue weighted by atomic mass is 10.0. The third kappa shape index (κ3) is 2.19. The molecule has 0 fully saturated rings. The van der Waals surface area contributed by atoms with Crippen molar-refractivity contribution in [2.75, 3.05) is 0 Å². The molecule has 4 aromatic carbocycles. The maximum atomic E-state index is 15.6. The Labute approximate surface area is 192 Å². The highest BCUT2D eigenvalue weighted by molar-refractivity contribution is 6.17. The van der Waals surface area contributed by atoms with Crippen LogP contribution in [-0.2, 0) is 0 Å². The predicted molar refractivity (Wildman–Crippen MR) is 128 cm³/mol. The summed E-state index contributed by atoms with van der Waals surface area (Å²) in [6.45, 7) is 0. The number of hydrogen-bond donors (Lipinski definition) is 0. The van der Waals surface area contributed by atoms with Crippen LogP contribution in [0, 0.1) is 28.5 Å². The van der Waals surface area contributed by atoms with E-state index in [1.54, 1.807) is 6.07 Å². The molecule has 0 N–H and O–H groups in total. The van der Waals surface area contributed by atoms with E-state index in [1.165, 1.54) is 6.07 Å². The Kier molecular flexibility index (Phi) is 3.52. The minimum atomic E-state index is -0.355. The van der Waals surface area contributed by atoms with Gasteiger partial charge in [0.2, 0.25) is 0 Å². The molecule has 0 bridgehead atoms. The van der Waals surface area contributed by atoms with E-state index in [4.69, 9.17) is 0 Å². The van der Waals surface area contributed by atoms with Crippen LogP contribution in [0.25, 0.3) is 60.8 Å². The number of nitriles is 2. The van der Waals surface area contributed by atoms with Crippen molar-refractivity contribution >= 4 is 32.6 Å². The summed E-state index contributed by atoms with van der Waals surface area (Å²) in [6.07, 6.45) is 0. The Morgan fingerprint density at radius 2 is 1.18 bits per heavy atom. The fourth-order valence-electron chi connectivity index (χ4n) is 5.17. The summed E-state index contributed by atoms with van der Waals surface area (Å²) in [7, 11) is 0. The second-order valence-electron chi connectivity index (χ2n) is 8.19. The monoisotopic (exact) mass is 437 g/mol. The predicted octanol–water partition coefficient (Wildman–Crippen LogP) is 6.26. The molecule has 0 saturated carbocycles. The Morgan fingerprint density at radius 3 is 1.74 bits per heavy atom. The standard InChI is InChI=1S/C28H12FN5/c29-19-11-9-17-25-18(28-27(17)32-20(13-30)21(14-31)33-28)10-12-24(26(19)25)34-22-7-3-1-5-15(22)16-6-2-4-8-23(16)34/h1-12H. The largest absolute Gasteiger partial charge is 0.309 e. The zero-order chi connectivity index (χ0) is 23.0. The molecule has 7 rings (SSSR count). The third-order valence-corrected chi connectivity index (χ3v) is 6.53. The second kappa shape index (κ2) is 6.48. The molecule has 2 heterocycles. The SMILES string of the molecule is N#Cc1nc2c(nc1C#N)-c1ccc(-n3c4ccccc4c4ccccc43)c3c(F)ccc-2c13. The summed E-state index contributed by atoms with van der Waals surface area (Å²) in [6, 6.07) is 27.0. The number of nitrogens with zero attached hydrogens (tertiary/aromatic N) is 5. The molecule has 5 nitrogen and oxygen atoms in total. The quantitative estimate of drug-likeness (QED) is 0.304. The van der Waals surface area contributed by atoms with Crippen LogP contribution >= 0.6 is 0 Å². The van der Waals surface area contributed by atoms with Crippen LogP contribution < -0.4 is 0 Å². The lowest BCUT2D eigenvalue weighted by Crippen LogP contribution is -1.98. The molecule has 2 aromatic heterocycles. The van der Waals surface area contributed by atoms with Crippen LogP contribution in [0.4, 0.5) is 4.39 Å². The van der Waals surface area contributed by atoms with Gasteiger partial charge >= 0.3 is 0 Å². The molecule has 1 aliphatic rings. The molecule has 0 saturated heterocycles. The fourth-order valence-corrected chi connectivity index (χ4v) is 5.17. The molecule has 0 aliphatic heterocycles. The van der Waals surface area contributed by atoms with Crippen LogP contribution in [-0.4, -0.2) is 14.5 Å². The number of benzene rings is 4. The second-order valence-corrected chi connectivity index (χ2v) is 8.19. The van der Waals surface area contributed by atoms with Gasteiger partial charge in [-0.1, -0.05) is 36.4 Å². The van der Waals surface area contributed by atoms with Crippen LogP contribution in [0.15, 0.2) is 72.8 Å². The van der Waals surface area contributed by atoms with E-state index in [9.17, 15) is 10.5 Å². The average molecular weight is 437 g/mol. The number of hydrogen-bond acceptors (Lipinski definition) is 4. The summed E-state index contributed by atoms with van der Waals surface area (Å²) in [5, 5.41) is 22.2. The van der Waals surface area contributed by atoms with Gasteiger partial charge in [0.15, 0.2) is 11.4 Å². The third-order valence-electron chi connectivity index (χ3n) is 6.53. The molecule has 0 unspecified atom stereocenters. The molecular weight excluding hydrogens is 425 g/mol. The highest BCUT2D eigenvalue weighted by Gasteiger charge is 2.29. The Hall–Kier alpha value is -5.07. The van der Waals surface area contributed by atoms with Crippen LogP contribution in [0.1, 0.15) is 11.4 Å². The Balaban J connectivity index is 1.64. The van der Waals surface area contributed by atoms with Gasteiger partial charge in [-0.2, -0.15) is 10.5 Å². The number of aromatic nitrogens is 3. The van der Waals surface area contributed by atoms with Crippen molar-refractivity contribution in [1.29, 1.82) is 10.5 Å². The van der Waals surface area contributed by atoms with Crippen molar-refractivity contribution in [2.45, 2.75) is 0 Å². The molecule has 34 heavy (non-hydrogen) atoms. The van der Waals surface area contributed by atoms with E-state index < -0.39 is 0 Å². The first-order valence-electron chi connectivity index (χ1n) is 10.7. The normalized spacial score (nSPS) is 11.6. The van der Waals surface area contributed by atoms with Crippen molar-refractivity contribution in [2.24, 2.45) is 0 Å². The minimum absolute atomic E-state index is 0.0332. The van der Waals surface area contributed by atoms with Crippen molar-refractivity contribution in [3.05, 3.63) is 90.0 Å². The summed E-state index contributed by atoms with van der Waals surface area (Å²) in [5.41, 5.74) is 5.01. The summed E-state index contributed by atoms with van der Waals surface area (Å²) < 4.78 is 17.7. The lowest BCUT2D eigenvalue weighted by Gasteiger charge is -2.13. The molecule has 0 spiro atoms. The van der Waals surface area contributed by atoms with Crippen molar-refractivity contribution in [3.63, 3.8) is 0 Å². The molecular formula is C28H12FN5. The van der Waals surface area contributed by atoms with Gasteiger partial charge in [-0.25, -0.2) is 14.4 Å². The van der Waals surface area contributed by atoms with E-state index in [0.29, 0.717) is 39.0 Å². The summed E-state index contributed by atoms with van der Waals surface area (Å²) >= 11 is 0. The van der Waals surface area contributed by atoms with E-state index in [1.807, 2.05) is 60.7 Å². The van der Waals surface area contributed by atoms with Crippen LogP contribution in [0.5, 0.6) is 0 Å². The molecule has 1 aliphatic carbocycles. The van der Waals surface area contributed by atoms with Crippen LogP contribution in [0.2, 0.25) is 0 Å². The number of fused-ring (bicyclic) bond motifs is 6. The molecule has 0 radical (unpaired) electrons. The van der Waals surface area contributed by atoms with Gasteiger partial charge in [0.25, 0.3) is 0 Å². The molecule has 6 aromatic rings. The highest BCUT2D eigenvalue weighted by atomic mass is 19.1. The van der Waals surface area contributed by atoms with Gasteiger partial charge in [0, 0.05) is 32.7 Å². The first-order valence-corrected chi connectivity index (χ1v) is 10.7. The fraction of sp³-hybridized carbons (Fsp3) is 0. The number of rotatable bonds is 1. The van der Waals surface area contributed by atoms with Gasteiger partial charge in [-0.3, -0.25) is 0 Å². The number of para-hydroxylation sites is 2. The highest BCUT2D eigenvalue weighted by Crippen LogP contribution is 2.48. The van der Waals surface area contributed by atoms with Crippen molar-refractivity contribution in [3.8, 4) is 40.3 Å². The first kappa shape index (κ1) is 18.5. The maximum absolute atomic E-state index is 15.6. The van der Waals surface area contributed by atoms with E-state index in [2.05, 4.69) is 26.7 Å². The Morgan fingerprint density at radius 1 is 0.647 bits per heavy atom. The van der Waals surface area contributed by atoms with E-state index >= 15 is 4.39 Å². The average Bonchev–Trinajstić information content (AvgIpc) is 3.38. The molecule has 6 heteroatoms. The lowest BCUT2D eigenvalue weighted by molar-refractivity contribution is 0.639. The van der Waals surface area contributed by atoms with Crippen LogP contribution in [0.3, 0.4) is 0 Å². The molecule has 0 amide bonds. The number of halogens is 1. The van der Waals surface area contributed by atoms with Crippen molar-refractivity contribution in [1.82, 2.24) is 14.5 Å².